The topological polar surface area (TPSA) is 35.6 Å². The zero-order valence-electron chi connectivity index (χ0n) is 14.1. The number of benzene rings is 2. The molecule has 1 aliphatic rings. The van der Waals surface area contributed by atoms with Gasteiger partial charge in [0.05, 0.1) is 16.3 Å². The van der Waals surface area contributed by atoms with E-state index in [-0.39, 0.29) is 6.03 Å². The van der Waals surface area contributed by atoms with Crippen molar-refractivity contribution in [2.75, 3.05) is 36.4 Å². The Morgan fingerprint density at radius 3 is 2.41 bits per heavy atom. The van der Waals surface area contributed by atoms with Crippen molar-refractivity contribution in [3.05, 3.63) is 57.5 Å². The molecule has 0 spiro atoms. The maximum atomic E-state index is 12.9. The van der Waals surface area contributed by atoms with Gasteiger partial charge in [-0.3, -0.25) is 0 Å². The van der Waals surface area contributed by atoms with E-state index in [1.807, 2.05) is 4.90 Å². The molecule has 2 amide bonds. The molecule has 4 nitrogen and oxygen atoms in total. The third-order valence-corrected chi connectivity index (χ3v) is 5.08. The van der Waals surface area contributed by atoms with E-state index in [2.05, 4.69) is 21.2 Å². The van der Waals surface area contributed by atoms with E-state index in [9.17, 15) is 18.0 Å². The van der Waals surface area contributed by atoms with Crippen LogP contribution in [0.1, 0.15) is 5.56 Å². The number of carbonyl (C=O) groups is 1. The first-order valence-corrected chi connectivity index (χ1v) is 9.34. The van der Waals surface area contributed by atoms with Crippen LogP contribution in [0.4, 0.5) is 29.3 Å². The van der Waals surface area contributed by atoms with Gasteiger partial charge in [-0.1, -0.05) is 33.6 Å². The molecule has 144 valence electrons. The van der Waals surface area contributed by atoms with Gasteiger partial charge in [-0.25, -0.2) is 4.79 Å². The number of nitrogens with zero attached hydrogens (tertiary/aromatic N) is 2. The number of carbonyl (C=O) groups excluding carboxylic acids is 1. The first-order chi connectivity index (χ1) is 12.7. The van der Waals surface area contributed by atoms with E-state index in [1.165, 1.54) is 6.07 Å². The summed E-state index contributed by atoms with van der Waals surface area (Å²) in [7, 11) is 0. The van der Waals surface area contributed by atoms with Crippen molar-refractivity contribution >= 4 is 44.9 Å². The molecule has 1 aliphatic heterocycles. The van der Waals surface area contributed by atoms with Crippen LogP contribution in [-0.4, -0.2) is 37.1 Å². The van der Waals surface area contributed by atoms with Crippen LogP contribution in [-0.2, 0) is 6.18 Å². The third-order valence-electron chi connectivity index (χ3n) is 4.28. The third kappa shape index (κ3) is 4.87. The Morgan fingerprint density at radius 2 is 1.78 bits per heavy atom. The maximum Gasteiger partial charge on any atom is 0.416 e. The van der Waals surface area contributed by atoms with Crippen molar-refractivity contribution in [3.63, 3.8) is 0 Å². The van der Waals surface area contributed by atoms with Gasteiger partial charge < -0.3 is 15.1 Å². The standard InChI is InChI=1S/C18H16BrClF3N3O/c19-13-4-5-16(15(20)11-13)24-17(27)26-8-6-25(7-9-26)14-3-1-2-12(10-14)18(21,22)23/h1-5,10-11H,6-9H2,(H,24,27). The highest BCUT2D eigenvalue weighted by molar-refractivity contribution is 9.10. The Labute approximate surface area is 168 Å². The first-order valence-electron chi connectivity index (χ1n) is 8.17. The van der Waals surface area contributed by atoms with Crippen LogP contribution in [0.15, 0.2) is 46.9 Å². The molecule has 1 N–H and O–H groups in total. The van der Waals surface area contributed by atoms with Gasteiger partial charge in [0.2, 0.25) is 0 Å². The van der Waals surface area contributed by atoms with Crippen LogP contribution in [0.5, 0.6) is 0 Å². The van der Waals surface area contributed by atoms with E-state index in [0.29, 0.717) is 42.6 Å². The number of halogens is 5. The minimum atomic E-state index is -4.37. The van der Waals surface area contributed by atoms with Crippen molar-refractivity contribution in [2.45, 2.75) is 6.18 Å². The molecule has 1 heterocycles. The van der Waals surface area contributed by atoms with Gasteiger partial charge in [0, 0.05) is 36.3 Å². The van der Waals surface area contributed by atoms with Gasteiger partial charge in [0.1, 0.15) is 0 Å². The molecule has 27 heavy (non-hydrogen) atoms. The van der Waals surface area contributed by atoms with E-state index in [0.717, 1.165) is 16.6 Å². The molecule has 0 bridgehead atoms. The quantitative estimate of drug-likeness (QED) is 0.642. The molecular weight excluding hydrogens is 447 g/mol. The molecule has 0 aromatic heterocycles. The average molecular weight is 463 g/mol. The summed E-state index contributed by atoms with van der Waals surface area (Å²) in [4.78, 5) is 15.9. The van der Waals surface area contributed by atoms with Crippen LogP contribution >= 0.6 is 27.5 Å². The zero-order chi connectivity index (χ0) is 19.6. The predicted octanol–water partition coefficient (Wildman–Crippen LogP) is 5.48. The number of hydrogen-bond donors (Lipinski definition) is 1. The number of hydrogen-bond acceptors (Lipinski definition) is 2. The Hall–Kier alpha value is -1.93. The van der Waals surface area contributed by atoms with Crippen LogP contribution in [0.3, 0.4) is 0 Å². The summed E-state index contributed by atoms with van der Waals surface area (Å²) in [6, 6.07) is 10.1. The summed E-state index contributed by atoms with van der Waals surface area (Å²) >= 11 is 9.41. The van der Waals surface area contributed by atoms with Crippen LogP contribution in [0.25, 0.3) is 0 Å². The molecule has 1 fully saturated rings. The number of alkyl halides is 3. The summed E-state index contributed by atoms with van der Waals surface area (Å²) in [6.45, 7) is 1.69. The molecule has 1 saturated heterocycles. The fourth-order valence-corrected chi connectivity index (χ4v) is 3.55. The lowest BCUT2D eigenvalue weighted by atomic mass is 10.1. The smallest absolute Gasteiger partial charge is 0.368 e. The van der Waals surface area contributed by atoms with Crippen molar-refractivity contribution in [1.29, 1.82) is 0 Å². The van der Waals surface area contributed by atoms with Gasteiger partial charge in [0.15, 0.2) is 0 Å². The van der Waals surface area contributed by atoms with Crippen molar-refractivity contribution < 1.29 is 18.0 Å². The second-order valence-corrected chi connectivity index (χ2v) is 7.40. The van der Waals surface area contributed by atoms with Crippen LogP contribution in [0.2, 0.25) is 5.02 Å². The average Bonchev–Trinajstić information content (AvgIpc) is 2.63. The molecule has 0 aliphatic carbocycles. The largest absolute Gasteiger partial charge is 0.416 e. The van der Waals surface area contributed by atoms with Gasteiger partial charge in [0.25, 0.3) is 0 Å². The minimum Gasteiger partial charge on any atom is -0.368 e. The van der Waals surface area contributed by atoms with E-state index in [4.69, 9.17) is 11.6 Å². The maximum absolute atomic E-state index is 12.9. The van der Waals surface area contributed by atoms with Crippen molar-refractivity contribution in [2.24, 2.45) is 0 Å². The normalized spacial score (nSPS) is 15.0. The summed E-state index contributed by atoms with van der Waals surface area (Å²) in [5.74, 6) is 0. The van der Waals surface area contributed by atoms with E-state index in [1.54, 1.807) is 29.2 Å². The highest BCUT2D eigenvalue weighted by Gasteiger charge is 2.31. The number of nitrogens with one attached hydrogen (secondary N) is 1. The van der Waals surface area contributed by atoms with Gasteiger partial charge in [-0.15, -0.1) is 0 Å². The molecule has 0 unspecified atom stereocenters. The van der Waals surface area contributed by atoms with Crippen LogP contribution < -0.4 is 10.2 Å². The van der Waals surface area contributed by atoms with Crippen molar-refractivity contribution in [1.82, 2.24) is 4.90 Å². The van der Waals surface area contributed by atoms with Gasteiger partial charge in [-0.2, -0.15) is 13.2 Å². The van der Waals surface area contributed by atoms with E-state index < -0.39 is 11.7 Å². The Kier molecular flexibility index (Phi) is 5.86. The van der Waals surface area contributed by atoms with Crippen LogP contribution in [0, 0.1) is 0 Å². The van der Waals surface area contributed by atoms with Gasteiger partial charge >= 0.3 is 12.2 Å². The fourth-order valence-electron chi connectivity index (χ4n) is 2.83. The fraction of sp³-hybridized carbons (Fsp3) is 0.278. The molecule has 2 aromatic rings. The number of rotatable bonds is 2. The highest BCUT2D eigenvalue weighted by Crippen LogP contribution is 2.32. The van der Waals surface area contributed by atoms with Gasteiger partial charge in [-0.05, 0) is 36.4 Å². The summed E-state index contributed by atoms with van der Waals surface area (Å²) in [5, 5.41) is 3.17. The minimum absolute atomic E-state index is 0.289. The molecule has 0 radical (unpaired) electrons. The summed E-state index contributed by atoms with van der Waals surface area (Å²) < 4.78 is 39.4. The number of urea groups is 1. The lowest BCUT2D eigenvalue weighted by Crippen LogP contribution is -2.50. The highest BCUT2D eigenvalue weighted by atomic mass is 79.9. The van der Waals surface area contributed by atoms with E-state index >= 15 is 0 Å². The molecular formula is C18H16BrClF3N3O. The first kappa shape index (κ1) is 19.8. The molecule has 3 rings (SSSR count). The molecule has 9 heteroatoms. The summed E-state index contributed by atoms with van der Waals surface area (Å²) in [5.41, 5.74) is 0.330. The molecule has 0 atom stereocenters. The number of anilines is 2. The molecule has 2 aromatic carbocycles. The number of piperazine rings is 1. The Balaban J connectivity index is 1.61. The monoisotopic (exact) mass is 461 g/mol. The lowest BCUT2D eigenvalue weighted by molar-refractivity contribution is -0.137. The SMILES string of the molecule is O=C(Nc1ccc(Br)cc1Cl)N1CCN(c2cccc(C(F)(F)F)c2)CC1. The zero-order valence-corrected chi connectivity index (χ0v) is 16.4. The predicted molar refractivity (Wildman–Crippen MR) is 103 cm³/mol. The number of amides is 2. The lowest BCUT2D eigenvalue weighted by Gasteiger charge is -2.36. The molecule has 0 saturated carbocycles. The Morgan fingerprint density at radius 1 is 1.07 bits per heavy atom. The Bertz CT molecular complexity index is 839. The second-order valence-electron chi connectivity index (χ2n) is 6.08. The van der Waals surface area contributed by atoms with Crippen molar-refractivity contribution in [3.8, 4) is 0 Å². The summed E-state index contributed by atoms with van der Waals surface area (Å²) in [6.07, 6.45) is -4.37. The second kappa shape index (κ2) is 7.98.